The van der Waals surface area contributed by atoms with E-state index in [1.54, 1.807) is 25.1 Å². The summed E-state index contributed by atoms with van der Waals surface area (Å²) < 4.78 is 33.7. The van der Waals surface area contributed by atoms with Gasteiger partial charge >= 0.3 is 0 Å². The number of aliphatic hydroxyl groups is 1. The first-order valence-electron chi connectivity index (χ1n) is 9.64. The zero-order chi connectivity index (χ0) is 23.0. The third-order valence-corrected chi connectivity index (χ3v) is 5.32. The molecule has 1 saturated heterocycles. The fourth-order valence-electron chi connectivity index (χ4n) is 3.79. The Morgan fingerprint density at radius 1 is 1.06 bits per heavy atom. The van der Waals surface area contributed by atoms with Crippen LogP contribution in [-0.2, 0) is 9.59 Å². The molecule has 32 heavy (non-hydrogen) atoms. The van der Waals surface area contributed by atoms with Crippen molar-refractivity contribution >= 4 is 23.1 Å². The molecule has 0 bridgehead atoms. The van der Waals surface area contributed by atoms with E-state index in [1.807, 2.05) is 0 Å². The van der Waals surface area contributed by atoms with Gasteiger partial charge in [0.05, 0.1) is 24.4 Å². The average molecular weight is 436 g/mol. The van der Waals surface area contributed by atoms with Crippen LogP contribution >= 0.6 is 0 Å². The van der Waals surface area contributed by atoms with Crippen LogP contribution in [0.4, 0.5) is 14.5 Å². The molecule has 1 aliphatic heterocycles. The number of aryl methyl sites for hydroxylation is 1. The van der Waals surface area contributed by atoms with Crippen molar-refractivity contribution in [1.82, 2.24) is 4.98 Å². The van der Waals surface area contributed by atoms with Crippen LogP contribution in [0.1, 0.15) is 22.7 Å². The summed E-state index contributed by atoms with van der Waals surface area (Å²) >= 11 is 0. The minimum absolute atomic E-state index is 0.238. The van der Waals surface area contributed by atoms with Crippen LogP contribution in [0.15, 0.2) is 66.5 Å². The van der Waals surface area contributed by atoms with E-state index in [9.17, 15) is 23.5 Å². The molecule has 1 atom stereocenters. The van der Waals surface area contributed by atoms with Crippen molar-refractivity contribution < 1.29 is 28.2 Å². The Bertz CT molecular complexity index is 1260. The molecule has 0 aliphatic carbocycles. The highest BCUT2D eigenvalue weighted by Crippen LogP contribution is 2.43. The van der Waals surface area contributed by atoms with Crippen molar-refractivity contribution in [3.63, 3.8) is 0 Å². The maximum atomic E-state index is 14.6. The van der Waals surface area contributed by atoms with E-state index in [-0.39, 0.29) is 5.57 Å². The molecule has 1 amide bonds. The van der Waals surface area contributed by atoms with Crippen LogP contribution in [0.3, 0.4) is 0 Å². The molecular formula is C24H18F2N2O4. The first-order chi connectivity index (χ1) is 15.3. The molecule has 1 fully saturated rings. The molecule has 1 N–H and O–H groups in total. The van der Waals surface area contributed by atoms with Crippen LogP contribution in [0.5, 0.6) is 5.75 Å². The summed E-state index contributed by atoms with van der Waals surface area (Å²) in [6.07, 6.45) is 2.88. The van der Waals surface area contributed by atoms with Crippen LogP contribution < -0.4 is 9.64 Å². The molecule has 2 aromatic carbocycles. The maximum absolute atomic E-state index is 14.6. The number of aliphatic hydroxyl groups excluding tert-OH is 1. The third kappa shape index (κ3) is 3.49. The van der Waals surface area contributed by atoms with E-state index >= 15 is 0 Å². The summed E-state index contributed by atoms with van der Waals surface area (Å²) in [5.74, 6) is -3.63. The number of benzene rings is 2. The molecular weight excluding hydrogens is 418 g/mol. The van der Waals surface area contributed by atoms with E-state index in [1.165, 1.54) is 31.6 Å². The Morgan fingerprint density at radius 3 is 2.44 bits per heavy atom. The fourth-order valence-corrected chi connectivity index (χ4v) is 3.79. The van der Waals surface area contributed by atoms with Gasteiger partial charge in [0.1, 0.15) is 23.1 Å². The number of pyridine rings is 1. The van der Waals surface area contributed by atoms with Crippen molar-refractivity contribution in [3.8, 4) is 5.75 Å². The Kier molecular flexibility index (Phi) is 5.44. The highest BCUT2D eigenvalue weighted by Gasteiger charge is 2.48. The summed E-state index contributed by atoms with van der Waals surface area (Å²) in [6, 6.07) is 9.35. The Hall–Kier alpha value is -4.07. The highest BCUT2D eigenvalue weighted by molar-refractivity contribution is 6.51. The summed E-state index contributed by atoms with van der Waals surface area (Å²) in [5, 5.41) is 11.1. The second-order valence-electron chi connectivity index (χ2n) is 7.23. The zero-order valence-electron chi connectivity index (χ0n) is 17.2. The number of hydrogen-bond acceptors (Lipinski definition) is 5. The summed E-state index contributed by atoms with van der Waals surface area (Å²) in [6.45, 7) is 1.71. The fraction of sp³-hybridized carbons (Fsp3) is 0.125. The Morgan fingerprint density at radius 2 is 1.78 bits per heavy atom. The number of aromatic nitrogens is 1. The monoisotopic (exact) mass is 436 g/mol. The van der Waals surface area contributed by atoms with Gasteiger partial charge in [0.2, 0.25) is 0 Å². The van der Waals surface area contributed by atoms with Crippen molar-refractivity contribution in [3.05, 3.63) is 94.8 Å². The Balaban J connectivity index is 1.97. The van der Waals surface area contributed by atoms with Gasteiger partial charge in [-0.3, -0.25) is 19.5 Å². The van der Waals surface area contributed by atoms with E-state index in [2.05, 4.69) is 4.98 Å². The smallest absolute Gasteiger partial charge is 0.300 e. The van der Waals surface area contributed by atoms with Crippen LogP contribution in [0, 0.1) is 18.6 Å². The molecule has 8 heteroatoms. The van der Waals surface area contributed by atoms with Gasteiger partial charge in [-0.25, -0.2) is 8.78 Å². The second-order valence-corrected chi connectivity index (χ2v) is 7.23. The number of halogens is 2. The lowest BCUT2D eigenvalue weighted by atomic mass is 9.94. The van der Waals surface area contributed by atoms with Gasteiger partial charge in [-0.05, 0) is 60.5 Å². The number of carbonyl (C=O) groups excluding carboxylic acids is 2. The molecule has 2 heterocycles. The lowest BCUT2D eigenvalue weighted by Crippen LogP contribution is -2.30. The van der Waals surface area contributed by atoms with Gasteiger partial charge in [0.25, 0.3) is 11.7 Å². The molecule has 1 aliphatic rings. The predicted molar refractivity (Wildman–Crippen MR) is 113 cm³/mol. The van der Waals surface area contributed by atoms with E-state index in [4.69, 9.17) is 4.74 Å². The molecule has 1 aromatic heterocycles. The SMILES string of the molecule is COc1ccc(/C(O)=C2/C(=O)C(=O)N(c3cc(F)ccc3F)C2c2ccncc2)c(C)c1. The largest absolute Gasteiger partial charge is 0.507 e. The van der Waals surface area contributed by atoms with E-state index in [0.717, 1.165) is 23.1 Å². The second kappa shape index (κ2) is 8.22. The minimum atomic E-state index is -1.18. The number of ether oxygens (including phenoxy) is 1. The molecule has 3 aromatic rings. The first-order valence-corrected chi connectivity index (χ1v) is 9.64. The number of rotatable bonds is 4. The minimum Gasteiger partial charge on any atom is -0.507 e. The van der Waals surface area contributed by atoms with Gasteiger partial charge in [-0.15, -0.1) is 0 Å². The van der Waals surface area contributed by atoms with E-state index < -0.39 is 40.8 Å². The zero-order valence-corrected chi connectivity index (χ0v) is 17.2. The maximum Gasteiger partial charge on any atom is 0.300 e. The van der Waals surface area contributed by atoms with Crippen molar-refractivity contribution in [2.75, 3.05) is 12.0 Å². The predicted octanol–water partition coefficient (Wildman–Crippen LogP) is 4.30. The van der Waals surface area contributed by atoms with E-state index in [0.29, 0.717) is 22.4 Å². The molecule has 1 unspecified atom stereocenters. The molecule has 6 nitrogen and oxygen atoms in total. The Labute approximate surface area is 182 Å². The average Bonchev–Trinajstić information content (AvgIpc) is 3.06. The van der Waals surface area contributed by atoms with Gasteiger partial charge in [0, 0.05) is 24.0 Å². The van der Waals surface area contributed by atoms with Gasteiger partial charge in [-0.1, -0.05) is 0 Å². The molecule has 162 valence electrons. The normalized spacial score (nSPS) is 17.6. The summed E-state index contributed by atoms with van der Waals surface area (Å²) in [5.41, 5.74) is 0.661. The number of carbonyl (C=O) groups is 2. The molecule has 0 spiro atoms. The lowest BCUT2D eigenvalue weighted by molar-refractivity contribution is -0.132. The number of anilines is 1. The van der Waals surface area contributed by atoms with Crippen molar-refractivity contribution in [1.29, 1.82) is 0 Å². The highest BCUT2D eigenvalue weighted by atomic mass is 19.1. The standard InChI is InChI=1S/C24H18F2N2O4/c1-13-11-16(32-2)4-5-17(13)22(29)20-21(14-7-9-27-10-8-14)28(24(31)23(20)30)19-12-15(25)3-6-18(19)26/h3-12,21,29H,1-2H3/b22-20-. The number of amides is 1. The molecule has 0 radical (unpaired) electrons. The number of ketones is 1. The van der Waals surface area contributed by atoms with Gasteiger partial charge in [0.15, 0.2) is 0 Å². The summed E-state index contributed by atoms with van der Waals surface area (Å²) in [7, 11) is 1.50. The number of methoxy groups -OCH3 is 1. The number of Topliss-reactive ketones (excluding diaryl/α,β-unsaturated/α-hetero) is 1. The van der Waals surface area contributed by atoms with Crippen LogP contribution in [-0.4, -0.2) is 28.9 Å². The van der Waals surface area contributed by atoms with Gasteiger partial charge < -0.3 is 9.84 Å². The summed E-state index contributed by atoms with van der Waals surface area (Å²) in [4.78, 5) is 30.8. The van der Waals surface area contributed by atoms with Gasteiger partial charge in [-0.2, -0.15) is 0 Å². The third-order valence-electron chi connectivity index (χ3n) is 5.32. The molecule has 4 rings (SSSR count). The quantitative estimate of drug-likeness (QED) is 0.375. The van der Waals surface area contributed by atoms with Crippen molar-refractivity contribution in [2.45, 2.75) is 13.0 Å². The van der Waals surface area contributed by atoms with Crippen molar-refractivity contribution in [2.24, 2.45) is 0 Å². The number of nitrogens with zero attached hydrogens (tertiary/aromatic N) is 2. The first kappa shape index (κ1) is 21.2. The number of hydrogen-bond donors (Lipinski definition) is 1. The molecule has 0 saturated carbocycles. The lowest BCUT2D eigenvalue weighted by Gasteiger charge is -2.25. The topological polar surface area (TPSA) is 79.7 Å². The van der Waals surface area contributed by atoms with Crippen LogP contribution in [0.2, 0.25) is 0 Å². The van der Waals surface area contributed by atoms with Crippen LogP contribution in [0.25, 0.3) is 5.76 Å².